The predicted molar refractivity (Wildman–Crippen MR) is 38.1 cm³/mol. The molecule has 0 aromatic heterocycles. The standard InChI is InChI=1S/C6H10ClNO2/c7-6(5-9)8-1-3-10-4-2-8/h5-6H,1-4H2. The monoisotopic (exact) mass is 163 g/mol. The van der Waals surface area contributed by atoms with E-state index in [1.807, 2.05) is 4.90 Å². The van der Waals surface area contributed by atoms with Crippen LogP contribution in [-0.4, -0.2) is 43.0 Å². The summed E-state index contributed by atoms with van der Waals surface area (Å²) >= 11 is 5.65. The van der Waals surface area contributed by atoms with E-state index in [4.69, 9.17) is 16.3 Å². The second-order valence-corrected chi connectivity index (χ2v) is 2.60. The summed E-state index contributed by atoms with van der Waals surface area (Å²) in [4.78, 5) is 12.1. The van der Waals surface area contributed by atoms with Crippen LogP contribution in [0.4, 0.5) is 0 Å². The van der Waals surface area contributed by atoms with E-state index in [0.717, 1.165) is 19.4 Å². The Hall–Kier alpha value is -0.120. The number of alkyl halides is 1. The summed E-state index contributed by atoms with van der Waals surface area (Å²) in [7, 11) is 0. The van der Waals surface area contributed by atoms with E-state index >= 15 is 0 Å². The molecule has 10 heavy (non-hydrogen) atoms. The molecule has 1 unspecified atom stereocenters. The highest BCUT2D eigenvalue weighted by Gasteiger charge is 2.16. The van der Waals surface area contributed by atoms with Gasteiger partial charge in [0.1, 0.15) is 5.50 Å². The summed E-state index contributed by atoms with van der Waals surface area (Å²) in [5.41, 5.74) is -0.469. The zero-order valence-electron chi connectivity index (χ0n) is 5.62. The number of carbonyl (C=O) groups is 1. The van der Waals surface area contributed by atoms with Crippen molar-refractivity contribution in [2.24, 2.45) is 0 Å². The quantitative estimate of drug-likeness (QED) is 0.328. The van der Waals surface area contributed by atoms with E-state index in [1.54, 1.807) is 0 Å². The molecule has 1 aliphatic rings. The van der Waals surface area contributed by atoms with Crippen LogP contribution in [0.5, 0.6) is 0 Å². The van der Waals surface area contributed by atoms with Gasteiger partial charge in [0.2, 0.25) is 0 Å². The minimum Gasteiger partial charge on any atom is -0.379 e. The first-order valence-electron chi connectivity index (χ1n) is 3.26. The number of carbonyl (C=O) groups excluding carboxylic acids is 1. The maximum Gasteiger partial charge on any atom is 0.152 e. The molecule has 1 heterocycles. The van der Waals surface area contributed by atoms with Gasteiger partial charge in [0.05, 0.1) is 13.2 Å². The molecule has 1 saturated heterocycles. The molecule has 1 fully saturated rings. The third-order valence-electron chi connectivity index (χ3n) is 1.51. The van der Waals surface area contributed by atoms with Crippen LogP contribution >= 0.6 is 11.6 Å². The molecule has 0 spiro atoms. The Morgan fingerprint density at radius 2 is 2.10 bits per heavy atom. The Kier molecular flexibility index (Phi) is 3.12. The molecule has 0 aliphatic carbocycles. The molecule has 0 aromatic rings. The summed E-state index contributed by atoms with van der Waals surface area (Å²) in [6.07, 6.45) is 0.743. The lowest BCUT2D eigenvalue weighted by atomic mass is 10.4. The van der Waals surface area contributed by atoms with E-state index in [9.17, 15) is 4.79 Å². The lowest BCUT2D eigenvalue weighted by Gasteiger charge is -2.27. The van der Waals surface area contributed by atoms with Gasteiger partial charge < -0.3 is 9.53 Å². The largest absolute Gasteiger partial charge is 0.379 e. The number of halogens is 1. The molecular formula is C6H10ClNO2. The number of aldehydes is 1. The second-order valence-electron chi connectivity index (χ2n) is 2.16. The molecule has 0 saturated carbocycles. The maximum absolute atomic E-state index is 10.2. The number of rotatable bonds is 2. The molecule has 4 heteroatoms. The van der Waals surface area contributed by atoms with Crippen LogP contribution in [0.25, 0.3) is 0 Å². The first-order chi connectivity index (χ1) is 4.84. The first-order valence-corrected chi connectivity index (χ1v) is 3.69. The van der Waals surface area contributed by atoms with E-state index in [1.165, 1.54) is 0 Å². The van der Waals surface area contributed by atoms with Crippen molar-refractivity contribution >= 4 is 17.9 Å². The molecule has 1 rings (SSSR count). The van der Waals surface area contributed by atoms with Gasteiger partial charge in [-0.1, -0.05) is 11.6 Å². The topological polar surface area (TPSA) is 29.5 Å². The summed E-state index contributed by atoms with van der Waals surface area (Å²) in [6.45, 7) is 2.87. The van der Waals surface area contributed by atoms with Crippen molar-refractivity contribution in [2.75, 3.05) is 26.3 Å². The number of nitrogens with zero attached hydrogens (tertiary/aromatic N) is 1. The lowest BCUT2D eigenvalue weighted by Crippen LogP contribution is -2.41. The van der Waals surface area contributed by atoms with Crippen LogP contribution in [0.15, 0.2) is 0 Å². The smallest absolute Gasteiger partial charge is 0.152 e. The highest BCUT2D eigenvalue weighted by atomic mass is 35.5. The van der Waals surface area contributed by atoms with Crippen molar-refractivity contribution in [3.8, 4) is 0 Å². The molecule has 3 nitrogen and oxygen atoms in total. The fourth-order valence-corrected chi connectivity index (χ4v) is 1.11. The van der Waals surface area contributed by atoms with Gasteiger partial charge in [-0.15, -0.1) is 0 Å². The third-order valence-corrected chi connectivity index (χ3v) is 1.89. The molecule has 0 N–H and O–H groups in total. The third kappa shape index (κ3) is 1.94. The average molecular weight is 164 g/mol. The minimum absolute atomic E-state index is 0.469. The fourth-order valence-electron chi connectivity index (χ4n) is 0.910. The van der Waals surface area contributed by atoms with Crippen LogP contribution in [0, 0.1) is 0 Å². The molecule has 1 atom stereocenters. The van der Waals surface area contributed by atoms with Crippen molar-refractivity contribution in [3.05, 3.63) is 0 Å². The summed E-state index contributed by atoms with van der Waals surface area (Å²) in [5.74, 6) is 0. The Labute approximate surface area is 64.9 Å². The van der Waals surface area contributed by atoms with Gasteiger partial charge in [-0.3, -0.25) is 4.90 Å². The summed E-state index contributed by atoms with van der Waals surface area (Å²) in [6, 6.07) is 0. The van der Waals surface area contributed by atoms with Gasteiger partial charge in [0.15, 0.2) is 6.29 Å². The minimum atomic E-state index is -0.469. The molecule has 0 aromatic carbocycles. The predicted octanol–water partition coefficient (Wildman–Crippen LogP) is 0.0824. The number of hydrogen-bond acceptors (Lipinski definition) is 3. The number of morpholine rings is 1. The van der Waals surface area contributed by atoms with Crippen molar-refractivity contribution < 1.29 is 9.53 Å². The van der Waals surface area contributed by atoms with Crippen LogP contribution < -0.4 is 0 Å². The highest BCUT2D eigenvalue weighted by Crippen LogP contribution is 2.04. The van der Waals surface area contributed by atoms with Gasteiger partial charge in [0, 0.05) is 13.1 Å². The zero-order chi connectivity index (χ0) is 7.40. The van der Waals surface area contributed by atoms with E-state index in [2.05, 4.69) is 0 Å². The van der Waals surface area contributed by atoms with Crippen LogP contribution in [0.1, 0.15) is 0 Å². The lowest BCUT2D eigenvalue weighted by molar-refractivity contribution is -0.111. The Balaban J connectivity index is 2.30. The molecule has 58 valence electrons. The van der Waals surface area contributed by atoms with E-state index in [-0.39, 0.29) is 0 Å². The summed E-state index contributed by atoms with van der Waals surface area (Å²) in [5, 5.41) is 0. The van der Waals surface area contributed by atoms with Crippen molar-refractivity contribution in [2.45, 2.75) is 5.50 Å². The van der Waals surface area contributed by atoms with Gasteiger partial charge >= 0.3 is 0 Å². The number of hydrogen-bond donors (Lipinski definition) is 0. The second kappa shape index (κ2) is 3.91. The van der Waals surface area contributed by atoms with Gasteiger partial charge in [0.25, 0.3) is 0 Å². The van der Waals surface area contributed by atoms with Gasteiger partial charge in [-0.2, -0.15) is 0 Å². The van der Waals surface area contributed by atoms with Crippen LogP contribution in [0.2, 0.25) is 0 Å². The average Bonchev–Trinajstić information content (AvgIpc) is 2.05. The zero-order valence-corrected chi connectivity index (χ0v) is 6.38. The maximum atomic E-state index is 10.2. The summed E-state index contributed by atoms with van der Waals surface area (Å²) < 4.78 is 5.08. The Morgan fingerprint density at radius 3 is 2.60 bits per heavy atom. The molecule has 0 amide bonds. The van der Waals surface area contributed by atoms with Crippen LogP contribution in [-0.2, 0) is 9.53 Å². The molecule has 0 radical (unpaired) electrons. The normalized spacial score (nSPS) is 24.1. The van der Waals surface area contributed by atoms with Crippen molar-refractivity contribution in [1.82, 2.24) is 4.90 Å². The Morgan fingerprint density at radius 1 is 1.50 bits per heavy atom. The molecule has 0 bridgehead atoms. The highest BCUT2D eigenvalue weighted by molar-refractivity contribution is 6.27. The van der Waals surface area contributed by atoms with Crippen molar-refractivity contribution in [1.29, 1.82) is 0 Å². The van der Waals surface area contributed by atoms with Gasteiger partial charge in [-0.05, 0) is 0 Å². The molecule has 1 aliphatic heterocycles. The Bertz CT molecular complexity index is 114. The number of ether oxygens (including phenoxy) is 1. The first kappa shape index (κ1) is 7.98. The van der Waals surface area contributed by atoms with Crippen molar-refractivity contribution in [3.63, 3.8) is 0 Å². The van der Waals surface area contributed by atoms with Crippen LogP contribution in [0.3, 0.4) is 0 Å². The SMILES string of the molecule is O=CC(Cl)N1CCOCC1. The fraction of sp³-hybridized carbons (Fsp3) is 0.833. The van der Waals surface area contributed by atoms with E-state index in [0.29, 0.717) is 13.2 Å². The molecular weight excluding hydrogens is 154 g/mol. The van der Waals surface area contributed by atoms with Gasteiger partial charge in [-0.25, -0.2) is 0 Å². The van der Waals surface area contributed by atoms with E-state index < -0.39 is 5.50 Å².